The molecule has 12 heteroatoms. The number of rotatable bonds is 17. The molecule has 0 N–H and O–H groups in total. The van der Waals surface area contributed by atoms with E-state index in [9.17, 15) is 33.6 Å². The number of allylic oxidation sites excluding steroid dienone is 6. The van der Waals surface area contributed by atoms with Crippen LogP contribution in [0, 0.1) is 0 Å². The van der Waals surface area contributed by atoms with Crippen LogP contribution in [0.1, 0.15) is 95.3 Å². The number of ether oxygens (including phenoxy) is 5. The third kappa shape index (κ3) is 10.3. The van der Waals surface area contributed by atoms with Crippen LogP contribution in [0.5, 0.6) is 11.5 Å². The number of hydrogen-bond donors (Lipinski definition) is 0. The molecule has 12 nitrogen and oxygen atoms in total. The van der Waals surface area contributed by atoms with Crippen molar-refractivity contribution in [3.8, 4) is 11.5 Å². The highest BCUT2D eigenvalue weighted by Crippen LogP contribution is 2.45. The van der Waals surface area contributed by atoms with Gasteiger partial charge in [0, 0.05) is 56.4 Å². The van der Waals surface area contributed by atoms with Crippen molar-refractivity contribution < 1.29 is 57.2 Å². The molecule has 2 aliphatic rings. The van der Waals surface area contributed by atoms with Crippen molar-refractivity contribution in [2.24, 2.45) is 0 Å². The second-order valence-electron chi connectivity index (χ2n) is 15.4. The van der Waals surface area contributed by atoms with Crippen LogP contribution in [-0.2, 0) is 38.2 Å². The minimum absolute atomic E-state index is 0.114. The molecule has 0 saturated heterocycles. The van der Waals surface area contributed by atoms with Crippen LogP contribution in [0.25, 0.3) is 11.1 Å². The first-order valence-corrected chi connectivity index (χ1v) is 20.5. The first kappa shape index (κ1) is 45.8. The van der Waals surface area contributed by atoms with Gasteiger partial charge in [0.25, 0.3) is 6.47 Å². The van der Waals surface area contributed by atoms with Crippen LogP contribution in [0.3, 0.4) is 0 Å². The van der Waals surface area contributed by atoms with Crippen LogP contribution in [0.15, 0.2) is 145 Å². The van der Waals surface area contributed by atoms with E-state index in [4.69, 9.17) is 23.7 Å². The molecule has 2 aliphatic carbocycles. The van der Waals surface area contributed by atoms with Gasteiger partial charge < -0.3 is 23.7 Å². The number of hydrogen-bond acceptors (Lipinski definition) is 12. The highest BCUT2D eigenvalue weighted by molar-refractivity contribution is 6.24. The quantitative estimate of drug-likeness (QED) is 0.0326. The Morgan fingerprint density at radius 1 is 0.578 bits per heavy atom. The monoisotopic (exact) mass is 862 g/mol. The van der Waals surface area contributed by atoms with Crippen molar-refractivity contribution in [3.63, 3.8) is 0 Å². The summed E-state index contributed by atoms with van der Waals surface area (Å²) in [5.41, 5.74) is 5.98. The predicted octanol–water partition coefficient (Wildman–Crippen LogP) is 8.82. The summed E-state index contributed by atoms with van der Waals surface area (Å²) in [5, 5.41) is 0. The smallest absolute Gasteiger partial charge is 0.333 e. The van der Waals surface area contributed by atoms with E-state index < -0.39 is 67.9 Å². The zero-order chi connectivity index (χ0) is 46.1. The minimum atomic E-state index is -1.17. The van der Waals surface area contributed by atoms with E-state index in [0.717, 1.165) is 0 Å². The van der Waals surface area contributed by atoms with E-state index in [1.165, 1.54) is 13.8 Å². The molecule has 326 valence electrons. The molecule has 0 radical (unpaired) electrons. The summed E-state index contributed by atoms with van der Waals surface area (Å²) in [6, 6.07) is 28.3. The number of carbonyl (C=O) groups is 7. The number of benzene rings is 4. The van der Waals surface area contributed by atoms with Gasteiger partial charge in [-0.25, -0.2) is 9.59 Å². The molecule has 0 heterocycles. The maximum Gasteiger partial charge on any atom is 0.333 e. The summed E-state index contributed by atoms with van der Waals surface area (Å²) in [6.07, 6.45) is 1.69. The van der Waals surface area contributed by atoms with Crippen molar-refractivity contribution >= 4 is 53.1 Å². The molecule has 6 rings (SSSR count). The van der Waals surface area contributed by atoms with Gasteiger partial charge in [0.2, 0.25) is 0 Å². The van der Waals surface area contributed by atoms with Crippen molar-refractivity contribution in [1.82, 2.24) is 0 Å². The van der Waals surface area contributed by atoms with Gasteiger partial charge in [-0.2, -0.15) is 0 Å². The van der Waals surface area contributed by atoms with Crippen LogP contribution in [0.2, 0.25) is 0 Å². The third-order valence-electron chi connectivity index (χ3n) is 10.8. The van der Waals surface area contributed by atoms with Gasteiger partial charge in [0.05, 0.1) is 12.8 Å². The molecule has 0 spiro atoms. The Bertz CT molecular complexity index is 2650. The maximum atomic E-state index is 14.4. The average Bonchev–Trinajstić information content (AvgIpc) is 3.29. The number of fused-ring (bicyclic) bond motifs is 2. The summed E-state index contributed by atoms with van der Waals surface area (Å²) in [6.45, 7) is 13.1. The molecule has 0 amide bonds. The minimum Gasteiger partial charge on any atom is -0.458 e. The van der Waals surface area contributed by atoms with Gasteiger partial charge in [-0.1, -0.05) is 112 Å². The van der Waals surface area contributed by atoms with Gasteiger partial charge in [-0.15, -0.1) is 0 Å². The number of carbonyl (C=O) groups excluding carboxylic acids is 7. The lowest BCUT2D eigenvalue weighted by Gasteiger charge is -2.28. The van der Waals surface area contributed by atoms with Gasteiger partial charge >= 0.3 is 23.9 Å². The van der Waals surface area contributed by atoms with Gasteiger partial charge in [-0.3, -0.25) is 24.0 Å². The van der Waals surface area contributed by atoms with Crippen LogP contribution >= 0.6 is 0 Å². The fraction of sp³-hybridized carbons (Fsp3) is 0.212. The van der Waals surface area contributed by atoms with E-state index in [2.05, 4.69) is 13.2 Å². The average molecular weight is 863 g/mol. The zero-order valence-corrected chi connectivity index (χ0v) is 35.8. The second-order valence-corrected chi connectivity index (χ2v) is 15.4. The maximum absolute atomic E-state index is 14.4. The zero-order valence-electron chi connectivity index (χ0n) is 35.8. The van der Waals surface area contributed by atoms with Crippen LogP contribution in [-0.4, -0.2) is 61.2 Å². The summed E-state index contributed by atoms with van der Waals surface area (Å²) in [7, 11) is 0. The number of esters is 4. The molecule has 0 aliphatic heterocycles. The second kappa shape index (κ2) is 20.4. The Morgan fingerprint density at radius 3 is 1.45 bits per heavy atom. The Kier molecular flexibility index (Phi) is 14.6. The molecular formula is C52H46O12. The highest BCUT2D eigenvalue weighted by atomic mass is 16.6. The summed E-state index contributed by atoms with van der Waals surface area (Å²) in [4.78, 5) is 90.1. The number of ketones is 2. The van der Waals surface area contributed by atoms with Gasteiger partial charge in [0.15, 0.2) is 17.7 Å². The molecule has 64 heavy (non-hydrogen) atoms. The van der Waals surface area contributed by atoms with Gasteiger partial charge in [-0.05, 0) is 60.4 Å². The fourth-order valence-electron chi connectivity index (χ4n) is 7.42. The fourth-order valence-corrected chi connectivity index (χ4v) is 7.42. The SMILES string of the molecule is C=C(C)C(=O)OCC(COC(=O)C(=C)C)OC(=O)CCC(=O)Oc1ccccc1C(C)C1=C/C(=C2/C=C(C(C)c3ccccc3OC=O)C(=O)c3ccccc32)c2ccccc2C1=O. The normalized spacial score (nSPS) is 15.0. The molecule has 0 saturated carbocycles. The Balaban J connectivity index is 1.29. The Hall–Kier alpha value is -7.73. The molecule has 2 unspecified atom stereocenters. The van der Waals surface area contributed by atoms with E-state index in [1.807, 2.05) is 62.4 Å². The van der Waals surface area contributed by atoms with Crippen molar-refractivity contribution in [3.05, 3.63) is 178 Å². The number of para-hydroxylation sites is 2. The summed E-state index contributed by atoms with van der Waals surface area (Å²) in [5.74, 6) is -4.07. The highest BCUT2D eigenvalue weighted by Gasteiger charge is 2.34. The molecule has 4 aromatic rings. The predicted molar refractivity (Wildman–Crippen MR) is 237 cm³/mol. The topological polar surface area (TPSA) is 166 Å². The molecule has 0 bridgehead atoms. The van der Waals surface area contributed by atoms with E-state index in [0.29, 0.717) is 67.9 Å². The Labute approximate surface area is 370 Å². The number of Topliss-reactive ketones (excluding diaryl/α,β-unsaturated/α-hetero) is 2. The summed E-state index contributed by atoms with van der Waals surface area (Å²) < 4.78 is 26.7. The standard InChI is InChI=1S/C52H46O12/c1-30(2)51(58)60-27-34(28-61-52(59)31(3)4)63-47(54)23-24-48(55)64-46-22-14-12-16-36(46)33(6)42-26-44(38-18-8-10-20-40(38)50(42)57)43-25-41(49(56)39-19-9-7-17-37(39)43)32(5)35-15-11-13-21-45(35)62-29-53/h7-22,25-26,29,32-34H,1,3,23-24,27-28H2,2,4-6H3/b44-43+. The molecule has 4 aromatic carbocycles. The summed E-state index contributed by atoms with van der Waals surface area (Å²) >= 11 is 0. The van der Waals surface area contributed by atoms with Gasteiger partial charge in [0.1, 0.15) is 24.7 Å². The lowest BCUT2D eigenvalue weighted by Crippen LogP contribution is -2.31. The van der Waals surface area contributed by atoms with E-state index >= 15 is 0 Å². The largest absolute Gasteiger partial charge is 0.458 e. The first-order chi connectivity index (χ1) is 30.7. The lowest BCUT2D eigenvalue weighted by molar-refractivity contribution is -0.165. The molecular weight excluding hydrogens is 817 g/mol. The van der Waals surface area contributed by atoms with Crippen molar-refractivity contribution in [2.45, 2.75) is 58.5 Å². The Morgan fingerprint density at radius 2 is 0.984 bits per heavy atom. The first-order valence-electron chi connectivity index (χ1n) is 20.5. The lowest BCUT2D eigenvalue weighted by atomic mass is 9.74. The molecule has 0 aromatic heterocycles. The van der Waals surface area contributed by atoms with E-state index in [1.54, 1.807) is 60.7 Å². The van der Waals surface area contributed by atoms with Crippen molar-refractivity contribution in [1.29, 1.82) is 0 Å². The van der Waals surface area contributed by atoms with Crippen LogP contribution in [0.4, 0.5) is 0 Å². The third-order valence-corrected chi connectivity index (χ3v) is 10.8. The molecule has 0 fully saturated rings. The van der Waals surface area contributed by atoms with Crippen molar-refractivity contribution in [2.75, 3.05) is 13.2 Å². The van der Waals surface area contributed by atoms with Crippen LogP contribution < -0.4 is 9.47 Å². The molecule has 2 atom stereocenters. The van der Waals surface area contributed by atoms with E-state index in [-0.39, 0.29) is 28.5 Å².